The van der Waals surface area contributed by atoms with Crippen molar-refractivity contribution in [3.63, 3.8) is 0 Å². The van der Waals surface area contributed by atoms with Gasteiger partial charge in [-0.3, -0.25) is 9.78 Å². The van der Waals surface area contributed by atoms with Crippen LogP contribution in [-0.4, -0.2) is 83.7 Å². The first-order valence-corrected chi connectivity index (χ1v) is 12.8. The van der Waals surface area contributed by atoms with E-state index in [1.807, 2.05) is 35.2 Å². The van der Waals surface area contributed by atoms with E-state index < -0.39 is 0 Å². The zero-order valence-electron chi connectivity index (χ0n) is 21.6. The third-order valence-electron chi connectivity index (χ3n) is 6.56. The molecule has 0 atom stereocenters. The van der Waals surface area contributed by atoms with Gasteiger partial charge in [0.1, 0.15) is 12.4 Å². The maximum absolute atomic E-state index is 13.0. The molecule has 1 aliphatic heterocycles. The van der Waals surface area contributed by atoms with Gasteiger partial charge in [-0.25, -0.2) is 9.97 Å². The molecule has 0 bridgehead atoms. The average Bonchev–Trinajstić information content (AvgIpc) is 3.37. The van der Waals surface area contributed by atoms with Crippen LogP contribution in [0.4, 0.5) is 11.6 Å². The Hall–Kier alpha value is -4.08. The van der Waals surface area contributed by atoms with Crippen molar-refractivity contribution >= 4 is 23.6 Å². The fourth-order valence-corrected chi connectivity index (χ4v) is 4.48. The van der Waals surface area contributed by atoms with Gasteiger partial charge in [0.2, 0.25) is 11.9 Å². The number of fused-ring (bicyclic) bond motifs is 1. The zero-order valence-corrected chi connectivity index (χ0v) is 21.6. The minimum atomic E-state index is 0.142. The van der Waals surface area contributed by atoms with Crippen LogP contribution >= 0.6 is 0 Å². The van der Waals surface area contributed by atoms with Crippen molar-refractivity contribution in [3.8, 4) is 17.1 Å². The standard InChI is InChI=1S/C29H32N6O3/c1-3-14-37-15-16-38-25-6-8-30-27(20-25)26-7-9-31-29(33-26)32-24-5-4-21-17-23(18-22(21)19-24)28(36)35-12-10-34(2)11-13-35/h3-9,18-20H,1,10-17H2,2H3,(H,31,32,33). The summed E-state index contributed by atoms with van der Waals surface area (Å²) in [5.41, 5.74) is 5.27. The molecule has 0 radical (unpaired) electrons. The SMILES string of the molecule is C=CCOCCOc1ccnc(-c2ccnc(Nc3ccc4c(c3)C=C(C(=O)N3CCN(C)CC3)C4)n2)c1. The Labute approximate surface area is 222 Å². The third-order valence-corrected chi connectivity index (χ3v) is 6.56. The number of hydrogen-bond acceptors (Lipinski definition) is 8. The molecule has 1 amide bonds. The predicted octanol–water partition coefficient (Wildman–Crippen LogP) is 3.58. The van der Waals surface area contributed by atoms with Gasteiger partial charge in [0.05, 0.1) is 24.6 Å². The molecule has 5 rings (SSSR count). The second kappa shape index (κ2) is 12.0. The Kier molecular flexibility index (Phi) is 8.06. The van der Waals surface area contributed by atoms with E-state index in [2.05, 4.69) is 44.9 Å². The van der Waals surface area contributed by atoms with Crippen LogP contribution < -0.4 is 10.1 Å². The van der Waals surface area contributed by atoms with Gasteiger partial charge in [-0.15, -0.1) is 6.58 Å². The van der Waals surface area contributed by atoms with Crippen molar-refractivity contribution in [2.24, 2.45) is 0 Å². The number of carbonyl (C=O) groups excluding carboxylic acids is 1. The number of hydrogen-bond donors (Lipinski definition) is 1. The van der Waals surface area contributed by atoms with Crippen molar-refractivity contribution < 1.29 is 14.3 Å². The third kappa shape index (κ3) is 6.24. The maximum atomic E-state index is 13.0. The van der Waals surface area contributed by atoms with E-state index in [-0.39, 0.29) is 5.91 Å². The van der Waals surface area contributed by atoms with E-state index in [0.717, 1.165) is 48.6 Å². The van der Waals surface area contributed by atoms with E-state index in [0.29, 0.717) is 49.3 Å². The highest BCUT2D eigenvalue weighted by molar-refractivity contribution is 6.00. The summed E-state index contributed by atoms with van der Waals surface area (Å²) in [7, 11) is 2.09. The highest BCUT2D eigenvalue weighted by atomic mass is 16.5. The summed E-state index contributed by atoms with van der Waals surface area (Å²) in [6.07, 6.45) is 7.77. The van der Waals surface area contributed by atoms with E-state index >= 15 is 0 Å². The monoisotopic (exact) mass is 512 g/mol. The lowest BCUT2D eigenvalue weighted by atomic mass is 10.1. The van der Waals surface area contributed by atoms with Crippen molar-refractivity contribution in [1.82, 2.24) is 24.8 Å². The average molecular weight is 513 g/mol. The number of anilines is 2. The van der Waals surface area contributed by atoms with Gasteiger partial charge >= 0.3 is 0 Å². The summed E-state index contributed by atoms with van der Waals surface area (Å²) >= 11 is 0. The van der Waals surface area contributed by atoms with Gasteiger partial charge in [-0.2, -0.15) is 0 Å². The summed E-state index contributed by atoms with van der Waals surface area (Å²) < 4.78 is 11.1. The lowest BCUT2D eigenvalue weighted by molar-refractivity contribution is -0.128. The topological polar surface area (TPSA) is 92.7 Å². The lowest BCUT2D eigenvalue weighted by Gasteiger charge is -2.32. The summed E-state index contributed by atoms with van der Waals surface area (Å²) in [4.78, 5) is 30.7. The van der Waals surface area contributed by atoms with E-state index in [1.165, 1.54) is 0 Å². The molecule has 2 aliphatic rings. The van der Waals surface area contributed by atoms with Gasteiger partial charge in [-0.1, -0.05) is 12.1 Å². The minimum Gasteiger partial charge on any atom is -0.491 e. The molecule has 196 valence electrons. The molecule has 1 aromatic carbocycles. The Bertz CT molecular complexity index is 1330. The van der Waals surface area contributed by atoms with Crippen LogP contribution in [0.25, 0.3) is 17.5 Å². The fourth-order valence-electron chi connectivity index (χ4n) is 4.48. The van der Waals surface area contributed by atoms with Crippen molar-refractivity contribution in [3.05, 3.63) is 78.1 Å². The molecule has 38 heavy (non-hydrogen) atoms. The molecule has 9 heteroatoms. The zero-order chi connectivity index (χ0) is 26.3. The minimum absolute atomic E-state index is 0.142. The van der Waals surface area contributed by atoms with Gasteiger partial charge in [0.15, 0.2) is 0 Å². The maximum Gasteiger partial charge on any atom is 0.250 e. The first-order valence-electron chi connectivity index (χ1n) is 12.8. The van der Waals surface area contributed by atoms with E-state index in [9.17, 15) is 4.79 Å². The Morgan fingerprint density at radius 1 is 1.05 bits per heavy atom. The molecule has 0 spiro atoms. The first-order chi connectivity index (χ1) is 18.6. The van der Waals surface area contributed by atoms with E-state index in [4.69, 9.17) is 9.47 Å². The number of benzene rings is 1. The molecule has 2 aromatic heterocycles. The molecular formula is C29H32N6O3. The molecular weight excluding hydrogens is 480 g/mol. The molecule has 9 nitrogen and oxygen atoms in total. The predicted molar refractivity (Wildman–Crippen MR) is 147 cm³/mol. The lowest BCUT2D eigenvalue weighted by Crippen LogP contribution is -2.47. The highest BCUT2D eigenvalue weighted by Gasteiger charge is 2.25. The number of ether oxygens (including phenoxy) is 2. The second-order valence-electron chi connectivity index (χ2n) is 9.33. The second-order valence-corrected chi connectivity index (χ2v) is 9.33. The van der Waals surface area contributed by atoms with Crippen LogP contribution in [-0.2, 0) is 16.0 Å². The molecule has 0 saturated carbocycles. The number of nitrogens with zero attached hydrogens (tertiary/aromatic N) is 5. The van der Waals surface area contributed by atoms with Crippen LogP contribution in [0.3, 0.4) is 0 Å². The quantitative estimate of drug-likeness (QED) is 0.326. The first kappa shape index (κ1) is 25.6. The van der Waals surface area contributed by atoms with Crippen LogP contribution in [0.2, 0.25) is 0 Å². The Balaban J connectivity index is 1.24. The summed E-state index contributed by atoms with van der Waals surface area (Å²) in [5, 5.41) is 3.29. The largest absolute Gasteiger partial charge is 0.491 e. The molecule has 3 heterocycles. The number of pyridine rings is 1. The van der Waals surface area contributed by atoms with E-state index in [1.54, 1.807) is 24.5 Å². The smallest absolute Gasteiger partial charge is 0.250 e. The number of rotatable bonds is 10. The number of likely N-dealkylation sites (N-methyl/N-ethyl adjacent to an activating group) is 1. The normalized spacial score (nSPS) is 15.1. The highest BCUT2D eigenvalue weighted by Crippen LogP contribution is 2.30. The van der Waals surface area contributed by atoms with Gasteiger partial charge in [0, 0.05) is 62.3 Å². The number of carbonyl (C=O) groups is 1. The van der Waals surface area contributed by atoms with Crippen molar-refractivity contribution in [2.75, 3.05) is 58.4 Å². The van der Waals surface area contributed by atoms with Crippen LogP contribution in [0.15, 0.2) is 67.0 Å². The van der Waals surface area contributed by atoms with Crippen LogP contribution in [0.1, 0.15) is 11.1 Å². The Morgan fingerprint density at radius 3 is 2.74 bits per heavy atom. The van der Waals surface area contributed by atoms with Crippen molar-refractivity contribution in [2.45, 2.75) is 6.42 Å². The van der Waals surface area contributed by atoms with Crippen molar-refractivity contribution in [1.29, 1.82) is 0 Å². The molecule has 0 unspecified atom stereocenters. The van der Waals surface area contributed by atoms with Gasteiger partial charge in [-0.05, 0) is 48.5 Å². The number of aromatic nitrogens is 3. The number of amides is 1. The summed E-state index contributed by atoms with van der Waals surface area (Å²) in [6, 6.07) is 11.6. The number of nitrogens with one attached hydrogen (secondary N) is 1. The molecule has 1 fully saturated rings. The van der Waals surface area contributed by atoms with Crippen LogP contribution in [0.5, 0.6) is 5.75 Å². The van der Waals surface area contributed by atoms with Crippen LogP contribution in [0, 0.1) is 0 Å². The Morgan fingerprint density at radius 2 is 1.89 bits per heavy atom. The molecule has 1 saturated heterocycles. The summed E-state index contributed by atoms with van der Waals surface area (Å²) in [6.45, 7) is 8.42. The molecule has 3 aromatic rings. The molecule has 1 N–H and O–H groups in total. The fraction of sp³-hybridized carbons (Fsp3) is 0.310. The molecule has 1 aliphatic carbocycles. The van der Waals surface area contributed by atoms with Gasteiger partial charge in [0.25, 0.3) is 0 Å². The summed E-state index contributed by atoms with van der Waals surface area (Å²) in [5.74, 6) is 1.30. The number of piperazine rings is 1. The van der Waals surface area contributed by atoms with Gasteiger partial charge < -0.3 is 24.6 Å².